The molecule has 10 nitrogen and oxygen atoms in total. The molecule has 0 radical (unpaired) electrons. The number of fused-ring (bicyclic) bond motifs is 3. The summed E-state index contributed by atoms with van der Waals surface area (Å²) in [6.07, 6.45) is 7.37. The topological polar surface area (TPSA) is 109 Å². The number of ether oxygens (including phenoxy) is 1. The van der Waals surface area contributed by atoms with E-state index in [1.807, 2.05) is 23.0 Å². The third-order valence-corrected chi connectivity index (χ3v) is 8.76. The highest BCUT2D eigenvalue weighted by Crippen LogP contribution is 2.30. The number of hydrogen-bond acceptors (Lipinski definition) is 7. The molecule has 11 heteroatoms. The van der Waals surface area contributed by atoms with E-state index >= 15 is 0 Å². The van der Waals surface area contributed by atoms with Crippen LogP contribution in [-0.4, -0.2) is 51.7 Å². The van der Waals surface area contributed by atoms with Crippen LogP contribution >= 0.6 is 0 Å². The minimum absolute atomic E-state index is 0.0309. The smallest absolute Gasteiger partial charge is 0.404 e. The van der Waals surface area contributed by atoms with Gasteiger partial charge in [-0.15, -0.1) is 0 Å². The quantitative estimate of drug-likeness (QED) is 0.131. The first kappa shape index (κ1) is 25.4. The Hall–Kier alpha value is -3.28. The van der Waals surface area contributed by atoms with Crippen LogP contribution in [0.4, 0.5) is 5.88 Å². The molecule has 0 unspecified atom stereocenters. The van der Waals surface area contributed by atoms with E-state index in [2.05, 4.69) is 34.1 Å². The van der Waals surface area contributed by atoms with Crippen LogP contribution in [0.5, 0.6) is 0 Å². The lowest BCUT2D eigenvalue weighted by Gasteiger charge is -2.33. The second kappa shape index (κ2) is 10.2. The Morgan fingerprint density at radius 3 is 2.62 bits per heavy atom. The molecule has 0 aromatic carbocycles. The van der Waals surface area contributed by atoms with Crippen molar-refractivity contribution < 1.29 is 14.1 Å². The van der Waals surface area contributed by atoms with Crippen LogP contribution < -0.4 is 5.43 Å². The zero-order chi connectivity index (χ0) is 26.2. The number of rotatable bonds is 9. The van der Waals surface area contributed by atoms with E-state index in [0.717, 1.165) is 55.1 Å². The van der Waals surface area contributed by atoms with Crippen molar-refractivity contribution in [3.63, 3.8) is 0 Å². The van der Waals surface area contributed by atoms with Gasteiger partial charge in [-0.05, 0) is 31.0 Å². The van der Waals surface area contributed by atoms with Gasteiger partial charge in [0.15, 0.2) is 5.43 Å². The Kier molecular flexibility index (Phi) is 7.02. The maximum absolute atomic E-state index is 12.7. The van der Waals surface area contributed by atoms with Crippen molar-refractivity contribution in [1.29, 1.82) is 0 Å². The van der Waals surface area contributed by atoms with E-state index in [-0.39, 0.29) is 17.4 Å². The Labute approximate surface area is 215 Å². The summed E-state index contributed by atoms with van der Waals surface area (Å²) in [4.78, 5) is 30.0. The highest BCUT2D eigenvalue weighted by Gasteiger charge is 2.24. The SMILES string of the molecule is C[Si](C)(C)CCOCn1ccc2c1ncc1c(=O)ccn(C3CCN(Cc4ccc([N+](=O)[O-])o4)CC3)c12. The second-order valence-electron chi connectivity index (χ2n) is 11.0. The van der Waals surface area contributed by atoms with Gasteiger partial charge in [0, 0.05) is 63.9 Å². The molecule has 1 aliphatic heterocycles. The molecule has 196 valence electrons. The zero-order valence-corrected chi connectivity index (χ0v) is 22.6. The molecule has 4 aromatic heterocycles. The lowest BCUT2D eigenvalue weighted by molar-refractivity contribution is -0.402. The molecule has 0 saturated carbocycles. The molecule has 37 heavy (non-hydrogen) atoms. The van der Waals surface area contributed by atoms with Crippen LogP contribution in [0.3, 0.4) is 0 Å². The molecule has 5 heterocycles. The van der Waals surface area contributed by atoms with Crippen molar-refractivity contribution >= 4 is 35.9 Å². The van der Waals surface area contributed by atoms with E-state index in [1.165, 1.54) is 6.07 Å². The summed E-state index contributed by atoms with van der Waals surface area (Å²) in [5.74, 6) is 0.371. The fraction of sp³-hybridized carbons (Fsp3) is 0.462. The van der Waals surface area contributed by atoms with Gasteiger partial charge < -0.3 is 18.3 Å². The summed E-state index contributed by atoms with van der Waals surface area (Å²) in [6.45, 7) is 10.4. The predicted molar refractivity (Wildman–Crippen MR) is 145 cm³/mol. The summed E-state index contributed by atoms with van der Waals surface area (Å²) in [7, 11) is -1.16. The van der Waals surface area contributed by atoms with Crippen molar-refractivity contribution in [1.82, 2.24) is 19.0 Å². The van der Waals surface area contributed by atoms with E-state index in [0.29, 0.717) is 24.4 Å². The van der Waals surface area contributed by atoms with Crippen LogP contribution in [0.25, 0.3) is 21.9 Å². The third kappa shape index (κ3) is 5.53. The molecule has 0 amide bonds. The molecule has 0 atom stereocenters. The van der Waals surface area contributed by atoms with Crippen molar-refractivity contribution in [2.45, 2.75) is 57.8 Å². The van der Waals surface area contributed by atoms with E-state index in [9.17, 15) is 14.9 Å². The molecule has 1 saturated heterocycles. The average Bonchev–Trinajstić information content (AvgIpc) is 3.50. The molecule has 5 rings (SSSR count). The van der Waals surface area contributed by atoms with Crippen molar-refractivity contribution in [2.75, 3.05) is 19.7 Å². The monoisotopic (exact) mass is 523 g/mol. The number of hydrogen-bond donors (Lipinski definition) is 0. The second-order valence-corrected chi connectivity index (χ2v) is 16.6. The Bertz CT molecular complexity index is 1480. The maximum atomic E-state index is 12.7. The molecular formula is C26H33N5O5Si. The Morgan fingerprint density at radius 2 is 1.92 bits per heavy atom. The molecule has 0 spiro atoms. The van der Waals surface area contributed by atoms with Gasteiger partial charge in [0.1, 0.15) is 23.1 Å². The average molecular weight is 524 g/mol. The number of likely N-dealkylation sites (tertiary alicyclic amines) is 1. The van der Waals surface area contributed by atoms with Crippen LogP contribution in [0, 0.1) is 10.1 Å². The first-order valence-corrected chi connectivity index (χ1v) is 16.4. The van der Waals surface area contributed by atoms with Crippen LogP contribution in [0.15, 0.2) is 52.1 Å². The lowest BCUT2D eigenvalue weighted by atomic mass is 10.0. The fourth-order valence-corrected chi connectivity index (χ4v) is 5.73. The maximum Gasteiger partial charge on any atom is 0.433 e. The van der Waals surface area contributed by atoms with Gasteiger partial charge in [0.2, 0.25) is 0 Å². The number of nitrogens with zero attached hydrogens (tertiary/aromatic N) is 5. The molecule has 1 fully saturated rings. The van der Waals surface area contributed by atoms with Gasteiger partial charge in [0.05, 0.1) is 23.5 Å². The van der Waals surface area contributed by atoms with Gasteiger partial charge in [-0.3, -0.25) is 19.8 Å². The Morgan fingerprint density at radius 1 is 1.14 bits per heavy atom. The minimum atomic E-state index is -1.16. The number of aromatic nitrogens is 3. The van der Waals surface area contributed by atoms with Crippen LogP contribution in [-0.2, 0) is 18.0 Å². The molecule has 0 bridgehead atoms. The number of pyridine rings is 2. The normalized spacial score (nSPS) is 15.6. The van der Waals surface area contributed by atoms with E-state index in [4.69, 9.17) is 9.15 Å². The first-order chi connectivity index (χ1) is 17.7. The van der Waals surface area contributed by atoms with Gasteiger partial charge in [-0.25, -0.2) is 4.98 Å². The van der Waals surface area contributed by atoms with Crippen molar-refractivity contribution in [3.05, 3.63) is 69.0 Å². The summed E-state index contributed by atoms with van der Waals surface area (Å²) >= 11 is 0. The van der Waals surface area contributed by atoms with Gasteiger partial charge >= 0.3 is 5.88 Å². The van der Waals surface area contributed by atoms with E-state index in [1.54, 1.807) is 18.3 Å². The van der Waals surface area contributed by atoms with Gasteiger partial charge in [-0.2, -0.15) is 0 Å². The lowest BCUT2D eigenvalue weighted by Crippen LogP contribution is -2.34. The van der Waals surface area contributed by atoms with Crippen LogP contribution in [0.1, 0.15) is 24.6 Å². The summed E-state index contributed by atoms with van der Waals surface area (Å²) in [6, 6.07) is 8.06. The summed E-state index contributed by atoms with van der Waals surface area (Å²) in [5.41, 5.74) is 1.70. The van der Waals surface area contributed by atoms with Gasteiger partial charge in [0.25, 0.3) is 0 Å². The third-order valence-electron chi connectivity index (χ3n) is 7.05. The minimum Gasteiger partial charge on any atom is -0.404 e. The molecule has 4 aromatic rings. The number of piperidine rings is 1. The van der Waals surface area contributed by atoms with Crippen molar-refractivity contribution in [3.8, 4) is 0 Å². The first-order valence-electron chi connectivity index (χ1n) is 12.7. The molecular weight excluding hydrogens is 490 g/mol. The highest BCUT2D eigenvalue weighted by atomic mass is 28.3. The standard InChI is InChI=1S/C26H33N5O5Si/c1-37(2,3)15-14-35-18-29-12-8-21-25-22(16-27-26(21)29)23(32)9-13-30(25)19-6-10-28(11-7-19)17-20-4-5-24(36-20)31(33)34/h4-5,8-9,12-13,16,19H,6-7,10-11,14-15,17-18H2,1-3H3. The summed E-state index contributed by atoms with van der Waals surface area (Å²) < 4.78 is 15.5. The molecule has 1 aliphatic rings. The molecule has 0 N–H and O–H groups in total. The predicted octanol–water partition coefficient (Wildman–Crippen LogP) is 5.00. The zero-order valence-electron chi connectivity index (χ0n) is 21.6. The Balaban J connectivity index is 1.34. The largest absolute Gasteiger partial charge is 0.433 e. The number of furan rings is 1. The fourth-order valence-electron chi connectivity index (χ4n) is 4.97. The molecule has 0 aliphatic carbocycles. The van der Waals surface area contributed by atoms with Crippen LogP contribution in [0.2, 0.25) is 25.7 Å². The highest BCUT2D eigenvalue weighted by molar-refractivity contribution is 6.76. The van der Waals surface area contributed by atoms with E-state index < -0.39 is 13.0 Å². The van der Waals surface area contributed by atoms with Crippen molar-refractivity contribution in [2.24, 2.45) is 0 Å². The van der Waals surface area contributed by atoms with Gasteiger partial charge in [-0.1, -0.05) is 19.6 Å². The number of nitro groups is 1. The summed E-state index contributed by atoms with van der Waals surface area (Å²) in [5, 5.41) is 12.5.